The van der Waals surface area contributed by atoms with Gasteiger partial charge in [-0.25, -0.2) is 9.97 Å². The Morgan fingerprint density at radius 2 is 2.07 bits per heavy atom. The Labute approximate surface area is 176 Å². The van der Waals surface area contributed by atoms with Gasteiger partial charge in [0.15, 0.2) is 11.6 Å². The van der Waals surface area contributed by atoms with Gasteiger partial charge in [0.2, 0.25) is 0 Å². The second kappa shape index (κ2) is 8.98. The quantitative estimate of drug-likeness (QED) is 0.365. The fraction of sp³-hybridized carbons (Fsp3) is 0.429. The third kappa shape index (κ3) is 4.14. The minimum atomic E-state index is 0.507. The smallest absolute Gasteiger partial charge is 0.193 e. The van der Waals surface area contributed by atoms with E-state index in [1.54, 1.807) is 24.3 Å². The van der Waals surface area contributed by atoms with Crippen molar-refractivity contribution in [2.24, 2.45) is 12.0 Å². The van der Waals surface area contributed by atoms with E-state index in [0.29, 0.717) is 5.92 Å². The number of aliphatic imine (C=N–C) groups is 1. The molecule has 1 unspecified atom stereocenters. The van der Waals surface area contributed by atoms with Gasteiger partial charge in [0, 0.05) is 46.2 Å². The standard InChI is InChI=1S/C21H28N8O/c1-22-21(29-11-8-16(13-29)15-4-6-17(30-3)7-5-15)24-10-9-23-19-18-12-27-28(2)20(18)26-14-25-19/h4-7,12,14,16H,8-11,13H2,1-3H3,(H,22,24)(H,23,25,26). The number of guanidine groups is 1. The molecule has 9 nitrogen and oxygen atoms in total. The Hall–Kier alpha value is -3.36. The van der Waals surface area contributed by atoms with Crippen molar-refractivity contribution < 1.29 is 4.74 Å². The second-order valence-corrected chi connectivity index (χ2v) is 7.33. The van der Waals surface area contributed by atoms with Crippen LogP contribution in [-0.4, -0.2) is 70.9 Å². The zero-order valence-corrected chi connectivity index (χ0v) is 17.7. The lowest BCUT2D eigenvalue weighted by Gasteiger charge is -2.22. The van der Waals surface area contributed by atoms with Gasteiger partial charge in [-0.05, 0) is 24.1 Å². The maximum Gasteiger partial charge on any atom is 0.193 e. The summed E-state index contributed by atoms with van der Waals surface area (Å²) >= 11 is 0. The Balaban J connectivity index is 1.28. The molecule has 158 valence electrons. The van der Waals surface area contributed by atoms with Gasteiger partial charge in [-0.1, -0.05) is 12.1 Å². The number of aryl methyl sites for hydroxylation is 1. The van der Waals surface area contributed by atoms with Gasteiger partial charge in [-0.2, -0.15) is 5.10 Å². The molecular formula is C21H28N8O. The van der Waals surface area contributed by atoms with Crippen molar-refractivity contribution in [2.45, 2.75) is 12.3 Å². The summed E-state index contributed by atoms with van der Waals surface area (Å²) in [6.07, 6.45) is 4.46. The first kappa shape index (κ1) is 19.9. The highest BCUT2D eigenvalue weighted by Crippen LogP contribution is 2.28. The summed E-state index contributed by atoms with van der Waals surface area (Å²) in [6, 6.07) is 8.38. The van der Waals surface area contributed by atoms with Gasteiger partial charge < -0.3 is 20.3 Å². The fourth-order valence-electron chi connectivity index (χ4n) is 3.89. The molecule has 9 heteroatoms. The van der Waals surface area contributed by atoms with Crippen molar-refractivity contribution in [3.63, 3.8) is 0 Å². The zero-order valence-electron chi connectivity index (χ0n) is 17.7. The third-order valence-electron chi connectivity index (χ3n) is 5.52. The molecular weight excluding hydrogens is 380 g/mol. The average Bonchev–Trinajstić information content (AvgIpc) is 3.42. The molecule has 1 saturated heterocycles. The number of ether oxygens (including phenoxy) is 1. The number of nitrogens with one attached hydrogen (secondary N) is 2. The maximum absolute atomic E-state index is 5.26. The van der Waals surface area contributed by atoms with E-state index >= 15 is 0 Å². The van der Waals surface area contributed by atoms with Crippen LogP contribution >= 0.6 is 0 Å². The number of fused-ring (bicyclic) bond motifs is 1. The first-order chi connectivity index (χ1) is 14.7. The minimum absolute atomic E-state index is 0.507. The van der Waals surface area contributed by atoms with Crippen molar-refractivity contribution in [3.8, 4) is 5.75 Å². The molecule has 2 N–H and O–H groups in total. The SMILES string of the molecule is CN=C(NCCNc1ncnc2c1cnn2C)N1CCC(c2ccc(OC)cc2)C1. The number of rotatable bonds is 6. The van der Waals surface area contributed by atoms with Gasteiger partial charge in [0.25, 0.3) is 0 Å². The number of hydrogen-bond acceptors (Lipinski definition) is 6. The van der Waals surface area contributed by atoms with E-state index in [0.717, 1.165) is 61.2 Å². The van der Waals surface area contributed by atoms with Gasteiger partial charge >= 0.3 is 0 Å². The van der Waals surface area contributed by atoms with Crippen LogP contribution in [0.1, 0.15) is 17.9 Å². The molecule has 1 fully saturated rings. The molecule has 3 heterocycles. The highest BCUT2D eigenvalue weighted by atomic mass is 16.5. The number of likely N-dealkylation sites (tertiary alicyclic amines) is 1. The van der Waals surface area contributed by atoms with E-state index in [1.165, 1.54) is 5.56 Å². The van der Waals surface area contributed by atoms with E-state index in [2.05, 4.69) is 47.7 Å². The van der Waals surface area contributed by atoms with E-state index in [1.807, 2.05) is 26.2 Å². The zero-order chi connectivity index (χ0) is 20.9. The van der Waals surface area contributed by atoms with E-state index < -0.39 is 0 Å². The molecule has 1 atom stereocenters. The summed E-state index contributed by atoms with van der Waals surface area (Å²) in [5.41, 5.74) is 2.16. The van der Waals surface area contributed by atoms with Crippen LogP contribution < -0.4 is 15.4 Å². The Kier molecular flexibility index (Phi) is 5.97. The summed E-state index contributed by atoms with van der Waals surface area (Å²) in [5, 5.41) is 12.0. The number of aromatic nitrogens is 4. The van der Waals surface area contributed by atoms with E-state index in [9.17, 15) is 0 Å². The van der Waals surface area contributed by atoms with Gasteiger partial charge in [0.05, 0.1) is 18.7 Å². The van der Waals surface area contributed by atoms with Crippen LogP contribution in [0.15, 0.2) is 41.8 Å². The summed E-state index contributed by atoms with van der Waals surface area (Å²) in [7, 11) is 5.40. The lowest BCUT2D eigenvalue weighted by atomic mass is 9.98. The topological polar surface area (TPSA) is 92.5 Å². The number of nitrogens with zero attached hydrogens (tertiary/aromatic N) is 6. The van der Waals surface area contributed by atoms with Crippen LogP contribution in [0.25, 0.3) is 11.0 Å². The molecule has 2 aromatic heterocycles. The van der Waals surface area contributed by atoms with Crippen LogP contribution in [0.5, 0.6) is 5.75 Å². The van der Waals surface area contributed by atoms with Crippen LogP contribution in [0.3, 0.4) is 0 Å². The summed E-state index contributed by atoms with van der Waals surface area (Å²) < 4.78 is 7.01. The van der Waals surface area contributed by atoms with Gasteiger partial charge in [-0.3, -0.25) is 9.67 Å². The number of benzene rings is 1. The monoisotopic (exact) mass is 408 g/mol. The molecule has 0 saturated carbocycles. The minimum Gasteiger partial charge on any atom is -0.497 e. The Morgan fingerprint density at radius 3 is 2.83 bits per heavy atom. The van der Waals surface area contributed by atoms with E-state index in [4.69, 9.17) is 4.74 Å². The molecule has 30 heavy (non-hydrogen) atoms. The number of hydrogen-bond donors (Lipinski definition) is 2. The lowest BCUT2D eigenvalue weighted by Crippen LogP contribution is -2.41. The van der Waals surface area contributed by atoms with Crippen molar-refractivity contribution in [2.75, 3.05) is 45.7 Å². The van der Waals surface area contributed by atoms with Crippen molar-refractivity contribution in [3.05, 3.63) is 42.4 Å². The van der Waals surface area contributed by atoms with Crippen LogP contribution in [0.2, 0.25) is 0 Å². The van der Waals surface area contributed by atoms with Crippen molar-refractivity contribution in [1.29, 1.82) is 0 Å². The molecule has 0 amide bonds. The highest BCUT2D eigenvalue weighted by molar-refractivity contribution is 5.86. The molecule has 0 bridgehead atoms. The average molecular weight is 409 g/mol. The normalized spacial score (nSPS) is 16.8. The molecule has 3 aromatic rings. The lowest BCUT2D eigenvalue weighted by molar-refractivity contribution is 0.414. The number of anilines is 1. The molecule has 0 aliphatic carbocycles. The Morgan fingerprint density at radius 1 is 1.23 bits per heavy atom. The van der Waals surface area contributed by atoms with Crippen molar-refractivity contribution in [1.82, 2.24) is 30.0 Å². The van der Waals surface area contributed by atoms with Gasteiger partial charge in [-0.15, -0.1) is 0 Å². The van der Waals surface area contributed by atoms with Crippen LogP contribution in [-0.2, 0) is 7.05 Å². The molecule has 0 spiro atoms. The summed E-state index contributed by atoms with van der Waals surface area (Å²) in [6.45, 7) is 3.41. The molecule has 4 rings (SSSR count). The first-order valence-corrected chi connectivity index (χ1v) is 10.2. The third-order valence-corrected chi connectivity index (χ3v) is 5.52. The fourth-order valence-corrected chi connectivity index (χ4v) is 3.89. The largest absolute Gasteiger partial charge is 0.497 e. The van der Waals surface area contributed by atoms with Crippen LogP contribution in [0.4, 0.5) is 5.82 Å². The van der Waals surface area contributed by atoms with E-state index in [-0.39, 0.29) is 0 Å². The highest BCUT2D eigenvalue weighted by Gasteiger charge is 2.26. The Bertz CT molecular complexity index is 1010. The second-order valence-electron chi connectivity index (χ2n) is 7.33. The summed E-state index contributed by atoms with van der Waals surface area (Å²) in [4.78, 5) is 15.4. The molecule has 1 aliphatic rings. The van der Waals surface area contributed by atoms with Crippen LogP contribution in [0, 0.1) is 0 Å². The van der Waals surface area contributed by atoms with Crippen molar-refractivity contribution >= 4 is 22.8 Å². The predicted octanol–water partition coefficient (Wildman–Crippen LogP) is 1.85. The molecule has 1 aliphatic heterocycles. The molecule has 1 aromatic carbocycles. The predicted molar refractivity (Wildman–Crippen MR) is 118 cm³/mol. The maximum atomic E-state index is 5.26. The summed E-state index contributed by atoms with van der Waals surface area (Å²) in [5.74, 6) is 3.13. The van der Waals surface area contributed by atoms with Gasteiger partial charge in [0.1, 0.15) is 17.9 Å². The number of methoxy groups -OCH3 is 1. The first-order valence-electron chi connectivity index (χ1n) is 10.2. The molecule has 0 radical (unpaired) electrons.